The van der Waals surface area contributed by atoms with E-state index in [9.17, 15) is 5.11 Å². The highest BCUT2D eigenvalue weighted by atomic mass is 16.3. The molecule has 0 spiro atoms. The zero-order chi connectivity index (χ0) is 17.8. The van der Waals surface area contributed by atoms with Gasteiger partial charge >= 0.3 is 0 Å². The van der Waals surface area contributed by atoms with E-state index in [1.54, 1.807) is 23.3 Å². The predicted octanol–water partition coefficient (Wildman–Crippen LogP) is 1.02. The Morgan fingerprint density at radius 2 is 2.04 bits per heavy atom. The molecule has 0 aliphatic heterocycles. The topological polar surface area (TPSA) is 140 Å². The van der Waals surface area contributed by atoms with Gasteiger partial charge < -0.3 is 21.5 Å². The number of aliphatic hydroxyl groups excluding tert-OH is 1. The van der Waals surface area contributed by atoms with E-state index in [4.69, 9.17) is 5.73 Å². The summed E-state index contributed by atoms with van der Waals surface area (Å²) in [6, 6.07) is -0.142. The van der Waals surface area contributed by atoms with Crippen molar-refractivity contribution in [3.05, 3.63) is 25.0 Å². The van der Waals surface area contributed by atoms with E-state index >= 15 is 0 Å². The standard InChI is InChI=1S/C15H21N9O/c1-3-10(6-25)21-15-22-13(20-11-4-17-7-18-5-11)12-14(23-15)24(8-19-12)9(2)16/h4-5,7-10,25H,3,6,16H2,1-2H3,(H2,20,21,22,23)/t9?,10-/m1/s1. The molecule has 0 fully saturated rings. The number of fused-ring (bicyclic) bond motifs is 1. The van der Waals surface area contributed by atoms with Gasteiger partial charge in [0.05, 0.1) is 43.2 Å². The Balaban J connectivity index is 2.06. The van der Waals surface area contributed by atoms with Crippen LogP contribution in [0.2, 0.25) is 0 Å². The normalized spacial score (nSPS) is 13.6. The van der Waals surface area contributed by atoms with Crippen molar-refractivity contribution in [3.8, 4) is 0 Å². The first-order valence-electron chi connectivity index (χ1n) is 8.02. The molecular weight excluding hydrogens is 322 g/mol. The van der Waals surface area contributed by atoms with Gasteiger partial charge in [0, 0.05) is 0 Å². The lowest BCUT2D eigenvalue weighted by Crippen LogP contribution is -2.24. The number of hydrogen-bond acceptors (Lipinski definition) is 9. The number of hydrogen-bond donors (Lipinski definition) is 4. The fourth-order valence-corrected chi connectivity index (χ4v) is 2.33. The highest BCUT2D eigenvalue weighted by molar-refractivity contribution is 5.86. The SMILES string of the molecule is CC[C@H](CO)Nc1nc(Nc2cncnc2)c2ncn(C(C)N)c2n1. The number of nitrogens with zero attached hydrogens (tertiary/aromatic N) is 6. The molecule has 3 aromatic heterocycles. The second kappa shape index (κ2) is 7.36. The van der Waals surface area contributed by atoms with Crippen molar-refractivity contribution in [2.75, 3.05) is 17.2 Å². The molecule has 0 bridgehead atoms. The highest BCUT2D eigenvalue weighted by Gasteiger charge is 2.16. The van der Waals surface area contributed by atoms with E-state index in [1.807, 2.05) is 13.8 Å². The summed E-state index contributed by atoms with van der Waals surface area (Å²) in [6.45, 7) is 3.80. The summed E-state index contributed by atoms with van der Waals surface area (Å²) in [5, 5.41) is 15.7. The lowest BCUT2D eigenvalue weighted by atomic mass is 10.2. The molecule has 0 radical (unpaired) electrons. The van der Waals surface area contributed by atoms with Crippen LogP contribution in [-0.2, 0) is 0 Å². The summed E-state index contributed by atoms with van der Waals surface area (Å²) in [5.74, 6) is 0.893. The molecule has 132 valence electrons. The van der Waals surface area contributed by atoms with Crippen molar-refractivity contribution in [2.45, 2.75) is 32.5 Å². The zero-order valence-corrected chi connectivity index (χ0v) is 14.1. The van der Waals surface area contributed by atoms with Crippen molar-refractivity contribution in [3.63, 3.8) is 0 Å². The van der Waals surface area contributed by atoms with Gasteiger partial charge in [0.1, 0.15) is 6.33 Å². The minimum absolute atomic E-state index is 0.0141. The molecule has 3 heterocycles. The Labute approximate surface area is 144 Å². The van der Waals surface area contributed by atoms with E-state index in [1.165, 1.54) is 6.33 Å². The van der Waals surface area contributed by atoms with Crippen LogP contribution in [-0.4, -0.2) is 47.2 Å². The number of anilines is 3. The maximum absolute atomic E-state index is 9.42. The van der Waals surface area contributed by atoms with E-state index in [2.05, 4.69) is 35.6 Å². The molecule has 5 N–H and O–H groups in total. The third-order valence-corrected chi connectivity index (χ3v) is 3.73. The van der Waals surface area contributed by atoms with Crippen LogP contribution in [0.5, 0.6) is 0 Å². The molecule has 2 atom stereocenters. The van der Waals surface area contributed by atoms with Gasteiger partial charge in [0.15, 0.2) is 17.0 Å². The smallest absolute Gasteiger partial charge is 0.227 e. The summed E-state index contributed by atoms with van der Waals surface area (Å²) < 4.78 is 1.76. The van der Waals surface area contributed by atoms with Crippen LogP contribution in [0, 0.1) is 0 Å². The van der Waals surface area contributed by atoms with Crippen LogP contribution >= 0.6 is 0 Å². The van der Waals surface area contributed by atoms with Gasteiger partial charge in [0.25, 0.3) is 0 Å². The number of imidazole rings is 1. The van der Waals surface area contributed by atoms with Gasteiger partial charge in [-0.3, -0.25) is 4.57 Å². The Bertz CT molecular complexity index is 830. The number of rotatable bonds is 7. The molecule has 0 aliphatic carbocycles. The Hall–Kier alpha value is -2.85. The third kappa shape index (κ3) is 3.64. The van der Waals surface area contributed by atoms with E-state index in [-0.39, 0.29) is 18.8 Å². The lowest BCUT2D eigenvalue weighted by molar-refractivity contribution is 0.271. The van der Waals surface area contributed by atoms with Crippen LogP contribution in [0.1, 0.15) is 26.4 Å². The maximum atomic E-state index is 9.42. The van der Waals surface area contributed by atoms with Crippen molar-refractivity contribution < 1.29 is 5.11 Å². The quantitative estimate of drug-likeness (QED) is 0.495. The molecule has 0 aromatic carbocycles. The summed E-state index contributed by atoms with van der Waals surface area (Å²) in [5.41, 5.74) is 7.85. The highest BCUT2D eigenvalue weighted by Crippen LogP contribution is 2.25. The van der Waals surface area contributed by atoms with Crippen molar-refractivity contribution in [1.29, 1.82) is 0 Å². The molecule has 1 unspecified atom stereocenters. The molecule has 0 saturated heterocycles. The minimum Gasteiger partial charge on any atom is -0.394 e. The predicted molar refractivity (Wildman–Crippen MR) is 94.3 cm³/mol. The zero-order valence-electron chi connectivity index (χ0n) is 14.1. The van der Waals surface area contributed by atoms with Crippen LogP contribution in [0.25, 0.3) is 11.2 Å². The number of aromatic nitrogens is 6. The number of aliphatic hydroxyl groups is 1. The van der Waals surface area contributed by atoms with Crippen LogP contribution in [0.15, 0.2) is 25.0 Å². The van der Waals surface area contributed by atoms with Crippen LogP contribution < -0.4 is 16.4 Å². The van der Waals surface area contributed by atoms with Gasteiger partial charge in [-0.15, -0.1) is 0 Å². The monoisotopic (exact) mass is 343 g/mol. The molecule has 3 rings (SSSR count). The van der Waals surface area contributed by atoms with E-state index in [0.29, 0.717) is 28.6 Å². The first-order chi connectivity index (χ1) is 12.1. The Morgan fingerprint density at radius 3 is 2.68 bits per heavy atom. The van der Waals surface area contributed by atoms with E-state index < -0.39 is 0 Å². The molecular formula is C15H21N9O. The summed E-state index contributed by atoms with van der Waals surface area (Å²) in [6.07, 6.45) is 6.80. The molecule has 0 saturated carbocycles. The third-order valence-electron chi connectivity index (χ3n) is 3.73. The summed E-state index contributed by atoms with van der Waals surface area (Å²) in [4.78, 5) is 21.3. The Morgan fingerprint density at radius 1 is 1.28 bits per heavy atom. The van der Waals surface area contributed by atoms with Gasteiger partial charge in [-0.05, 0) is 13.3 Å². The van der Waals surface area contributed by atoms with Crippen molar-refractivity contribution in [2.24, 2.45) is 5.73 Å². The first-order valence-corrected chi connectivity index (χ1v) is 8.02. The van der Waals surface area contributed by atoms with Gasteiger partial charge in [-0.1, -0.05) is 6.92 Å². The lowest BCUT2D eigenvalue weighted by Gasteiger charge is -2.16. The van der Waals surface area contributed by atoms with Crippen molar-refractivity contribution in [1.82, 2.24) is 29.5 Å². The first kappa shape index (κ1) is 17.0. The molecule has 10 heteroatoms. The van der Waals surface area contributed by atoms with E-state index in [0.717, 1.165) is 6.42 Å². The fraction of sp³-hybridized carbons (Fsp3) is 0.400. The maximum Gasteiger partial charge on any atom is 0.227 e. The largest absolute Gasteiger partial charge is 0.394 e. The van der Waals surface area contributed by atoms with Gasteiger partial charge in [-0.2, -0.15) is 9.97 Å². The second-order valence-corrected chi connectivity index (χ2v) is 5.64. The molecule has 10 nitrogen and oxygen atoms in total. The average molecular weight is 343 g/mol. The minimum atomic E-state index is -0.291. The summed E-state index contributed by atoms with van der Waals surface area (Å²) in [7, 11) is 0. The Kier molecular flexibility index (Phi) is 5.00. The van der Waals surface area contributed by atoms with Gasteiger partial charge in [-0.25, -0.2) is 15.0 Å². The second-order valence-electron chi connectivity index (χ2n) is 5.64. The summed E-state index contributed by atoms with van der Waals surface area (Å²) >= 11 is 0. The van der Waals surface area contributed by atoms with Gasteiger partial charge in [0.2, 0.25) is 5.95 Å². The molecule has 0 amide bonds. The van der Waals surface area contributed by atoms with Crippen LogP contribution in [0.4, 0.5) is 17.5 Å². The number of nitrogens with two attached hydrogens (primary N) is 1. The average Bonchev–Trinajstić information content (AvgIpc) is 3.05. The fourth-order valence-electron chi connectivity index (χ4n) is 2.33. The molecule has 25 heavy (non-hydrogen) atoms. The molecule has 0 aliphatic rings. The number of nitrogens with one attached hydrogen (secondary N) is 2. The van der Waals surface area contributed by atoms with Crippen LogP contribution in [0.3, 0.4) is 0 Å². The molecule has 3 aromatic rings. The van der Waals surface area contributed by atoms with Crippen molar-refractivity contribution >= 4 is 28.6 Å².